The smallest absolute Gasteiger partial charge is 0.400 e. The van der Waals surface area contributed by atoms with E-state index in [1.807, 2.05) is 6.92 Å². The number of carbonyl (C=O) groups is 1. The molecule has 19 heavy (non-hydrogen) atoms. The summed E-state index contributed by atoms with van der Waals surface area (Å²) >= 11 is 0.732. The van der Waals surface area contributed by atoms with Crippen molar-refractivity contribution in [2.24, 2.45) is 0 Å². The van der Waals surface area contributed by atoms with Crippen molar-refractivity contribution in [3.8, 4) is 0 Å². The molecule has 2 rings (SSSR count). The molecule has 2 atom stereocenters. The Morgan fingerprint density at radius 3 is 2.53 bits per heavy atom. The number of fused-ring (bicyclic) bond motifs is 1. The molecule has 1 aliphatic heterocycles. The molecule has 2 nitrogen and oxygen atoms in total. The number of alkyl halides is 3. The van der Waals surface area contributed by atoms with E-state index < -0.39 is 29.7 Å². The lowest BCUT2D eigenvalue weighted by Gasteiger charge is -2.31. The number of hydrogen-bond donors (Lipinski definition) is 1. The van der Waals surface area contributed by atoms with Gasteiger partial charge in [0.2, 0.25) is 0 Å². The zero-order valence-corrected chi connectivity index (χ0v) is 11.2. The highest BCUT2D eigenvalue weighted by Gasteiger charge is 2.46. The number of halogens is 3. The molecule has 0 aromatic heterocycles. The van der Waals surface area contributed by atoms with Gasteiger partial charge in [-0.1, -0.05) is 17.7 Å². The maximum atomic E-state index is 12.9. The summed E-state index contributed by atoms with van der Waals surface area (Å²) in [5.74, 6) is -2.28. The molecule has 1 heterocycles. The lowest BCUT2D eigenvalue weighted by Crippen LogP contribution is -2.33. The second-order valence-corrected chi connectivity index (χ2v) is 5.99. The van der Waals surface area contributed by atoms with E-state index in [-0.39, 0.29) is 0 Å². The number of hydrogen-bond acceptors (Lipinski definition) is 2. The fourth-order valence-electron chi connectivity index (χ4n) is 2.37. The first kappa shape index (κ1) is 14.2. The van der Waals surface area contributed by atoms with Crippen molar-refractivity contribution in [3.05, 3.63) is 28.8 Å². The topological polar surface area (TPSA) is 37.3 Å². The van der Waals surface area contributed by atoms with E-state index in [4.69, 9.17) is 0 Å². The minimum Gasteiger partial charge on any atom is -0.481 e. The van der Waals surface area contributed by atoms with Gasteiger partial charge >= 0.3 is 12.1 Å². The third kappa shape index (κ3) is 2.73. The highest BCUT2D eigenvalue weighted by molar-refractivity contribution is 8.00. The Morgan fingerprint density at radius 1 is 1.37 bits per heavy atom. The maximum absolute atomic E-state index is 12.9. The third-order valence-corrected chi connectivity index (χ3v) is 4.73. The summed E-state index contributed by atoms with van der Waals surface area (Å²) in [4.78, 5) is 11.7. The molecular weight excluding hydrogens is 277 g/mol. The molecule has 1 aromatic carbocycles. The first-order valence-electron chi connectivity index (χ1n) is 5.77. The van der Waals surface area contributed by atoms with E-state index in [9.17, 15) is 23.1 Å². The zero-order valence-electron chi connectivity index (χ0n) is 10.4. The van der Waals surface area contributed by atoms with Crippen LogP contribution in [0.25, 0.3) is 0 Å². The predicted molar refractivity (Wildman–Crippen MR) is 66.6 cm³/mol. The highest BCUT2D eigenvalue weighted by Crippen LogP contribution is 2.49. The van der Waals surface area contributed by atoms with Gasteiger partial charge in [-0.2, -0.15) is 13.2 Å². The van der Waals surface area contributed by atoms with Crippen molar-refractivity contribution in [3.63, 3.8) is 0 Å². The molecular formula is C13H13F3O2S. The van der Waals surface area contributed by atoms with Gasteiger partial charge in [0.05, 0.1) is 5.92 Å². The molecule has 104 valence electrons. The summed E-state index contributed by atoms with van der Waals surface area (Å²) < 4.78 is 38.6. The summed E-state index contributed by atoms with van der Waals surface area (Å²) in [5.41, 5.74) is 2.09. The molecule has 0 aliphatic carbocycles. The normalized spacial score (nSPS) is 23.0. The number of thioether (sulfide) groups is 1. The van der Waals surface area contributed by atoms with E-state index in [1.165, 1.54) is 0 Å². The SMILES string of the molecule is Cc1cc(C)c2c(c1)C(C(=O)O)CC(C(F)(F)F)S2. The van der Waals surface area contributed by atoms with Crippen LogP contribution in [0.4, 0.5) is 13.2 Å². The van der Waals surface area contributed by atoms with Gasteiger partial charge in [0, 0.05) is 4.90 Å². The molecule has 0 saturated carbocycles. The quantitative estimate of drug-likeness (QED) is 0.852. The average Bonchev–Trinajstić information content (AvgIpc) is 2.25. The molecule has 1 N–H and O–H groups in total. The average molecular weight is 290 g/mol. The number of benzene rings is 1. The van der Waals surface area contributed by atoms with Crippen molar-refractivity contribution in [1.82, 2.24) is 0 Å². The molecule has 6 heteroatoms. The van der Waals surface area contributed by atoms with Crippen molar-refractivity contribution >= 4 is 17.7 Å². The van der Waals surface area contributed by atoms with E-state index in [1.54, 1.807) is 19.1 Å². The molecule has 0 saturated heterocycles. The molecule has 0 fully saturated rings. The van der Waals surface area contributed by atoms with Gasteiger partial charge in [-0.3, -0.25) is 4.79 Å². The summed E-state index contributed by atoms with van der Waals surface area (Å²) in [6.45, 7) is 3.53. The van der Waals surface area contributed by atoms with Gasteiger partial charge in [-0.25, -0.2) is 0 Å². The van der Waals surface area contributed by atoms with E-state index in [2.05, 4.69) is 0 Å². The fraction of sp³-hybridized carbons (Fsp3) is 0.462. The van der Waals surface area contributed by atoms with Gasteiger partial charge in [0.25, 0.3) is 0 Å². The Bertz CT molecular complexity index is 525. The van der Waals surface area contributed by atoms with Crippen molar-refractivity contribution in [2.75, 3.05) is 0 Å². The largest absolute Gasteiger partial charge is 0.481 e. The molecule has 0 radical (unpaired) electrons. The molecule has 0 bridgehead atoms. The number of aliphatic carboxylic acids is 1. The minimum absolute atomic E-state index is 0.403. The van der Waals surface area contributed by atoms with Crippen LogP contribution in [0.15, 0.2) is 17.0 Å². The Balaban J connectivity index is 2.53. The van der Waals surface area contributed by atoms with Crippen LogP contribution in [0.2, 0.25) is 0 Å². The molecule has 1 aliphatic rings. The van der Waals surface area contributed by atoms with Gasteiger partial charge in [0.1, 0.15) is 5.25 Å². The first-order valence-corrected chi connectivity index (χ1v) is 6.65. The fourth-order valence-corrected chi connectivity index (χ4v) is 3.66. The third-order valence-electron chi connectivity index (χ3n) is 3.20. The van der Waals surface area contributed by atoms with Crippen LogP contribution in [-0.2, 0) is 4.79 Å². The van der Waals surface area contributed by atoms with Crippen LogP contribution in [0, 0.1) is 13.8 Å². The molecule has 0 spiro atoms. The summed E-state index contributed by atoms with van der Waals surface area (Å²) in [7, 11) is 0. The molecule has 2 unspecified atom stereocenters. The standard InChI is InChI=1S/C13H13F3O2S/c1-6-3-7(2)11-8(4-6)9(12(17)18)5-10(19-11)13(14,15)16/h3-4,9-10H,5H2,1-2H3,(H,17,18). The highest BCUT2D eigenvalue weighted by atomic mass is 32.2. The van der Waals surface area contributed by atoms with E-state index in [0.29, 0.717) is 16.0 Å². The Hall–Kier alpha value is -1.17. The number of carboxylic acid groups (broad SMARTS) is 1. The number of rotatable bonds is 1. The second-order valence-electron chi connectivity index (χ2n) is 4.77. The van der Waals surface area contributed by atoms with Crippen LogP contribution in [0.1, 0.15) is 29.0 Å². The van der Waals surface area contributed by atoms with Gasteiger partial charge < -0.3 is 5.11 Å². The van der Waals surface area contributed by atoms with Crippen molar-refractivity contribution < 1.29 is 23.1 Å². The van der Waals surface area contributed by atoms with Gasteiger partial charge in [-0.05, 0) is 31.4 Å². The first-order chi connectivity index (χ1) is 8.70. The number of carboxylic acids is 1. The van der Waals surface area contributed by atoms with Gasteiger partial charge in [-0.15, -0.1) is 11.8 Å². The van der Waals surface area contributed by atoms with Gasteiger partial charge in [0.15, 0.2) is 0 Å². The van der Waals surface area contributed by atoms with Crippen LogP contribution in [0.5, 0.6) is 0 Å². The Labute approximate surface area is 113 Å². The maximum Gasteiger partial charge on any atom is 0.400 e. The van der Waals surface area contributed by atoms with Crippen LogP contribution in [0.3, 0.4) is 0 Å². The second kappa shape index (κ2) is 4.74. The summed E-state index contributed by atoms with van der Waals surface area (Å²) in [6, 6.07) is 3.46. The number of aryl methyl sites for hydroxylation is 2. The Morgan fingerprint density at radius 2 is 2.00 bits per heavy atom. The molecule has 1 aromatic rings. The minimum atomic E-state index is -4.38. The predicted octanol–water partition coefficient (Wildman–Crippen LogP) is 3.90. The zero-order chi connectivity index (χ0) is 14.4. The monoisotopic (exact) mass is 290 g/mol. The molecule has 0 amide bonds. The lowest BCUT2D eigenvalue weighted by molar-refractivity contribution is -0.143. The van der Waals surface area contributed by atoms with Crippen LogP contribution in [-0.4, -0.2) is 22.5 Å². The van der Waals surface area contributed by atoms with Crippen molar-refractivity contribution in [2.45, 2.75) is 42.5 Å². The van der Waals surface area contributed by atoms with Crippen LogP contribution < -0.4 is 0 Å². The summed E-state index contributed by atoms with van der Waals surface area (Å²) in [6.07, 6.45) is -4.78. The van der Waals surface area contributed by atoms with E-state index >= 15 is 0 Å². The lowest BCUT2D eigenvalue weighted by atomic mass is 9.90. The summed E-state index contributed by atoms with van der Waals surface area (Å²) in [5, 5.41) is 7.52. The Kier molecular flexibility index (Phi) is 3.55. The van der Waals surface area contributed by atoms with Crippen LogP contribution >= 0.6 is 11.8 Å². The van der Waals surface area contributed by atoms with Crippen molar-refractivity contribution in [1.29, 1.82) is 0 Å². The van der Waals surface area contributed by atoms with E-state index in [0.717, 1.165) is 17.3 Å².